The lowest BCUT2D eigenvalue weighted by Gasteiger charge is -2.27. The Hall–Kier alpha value is -2.45. The van der Waals surface area contributed by atoms with E-state index in [9.17, 15) is 18.0 Å². The average molecular weight is 418 g/mol. The van der Waals surface area contributed by atoms with E-state index < -0.39 is 21.8 Å². The molecule has 2 aromatic heterocycles. The summed E-state index contributed by atoms with van der Waals surface area (Å²) in [6, 6.07) is 9.79. The minimum Gasteiger partial charge on any atom is -0.450 e. The van der Waals surface area contributed by atoms with E-state index in [1.165, 1.54) is 22.3 Å². The van der Waals surface area contributed by atoms with Gasteiger partial charge in [-0.1, -0.05) is 18.2 Å². The molecule has 28 heavy (non-hydrogen) atoms. The van der Waals surface area contributed by atoms with Gasteiger partial charge in [-0.05, 0) is 36.4 Å². The van der Waals surface area contributed by atoms with Crippen molar-refractivity contribution in [1.82, 2.24) is 4.90 Å². The van der Waals surface area contributed by atoms with Gasteiger partial charge in [0.15, 0.2) is 21.0 Å². The molecular formula is C20H19NO5S2. The van der Waals surface area contributed by atoms with E-state index in [1.807, 2.05) is 30.5 Å². The molecule has 4 rings (SSSR count). The Morgan fingerprint density at radius 3 is 2.79 bits per heavy atom. The molecule has 6 nitrogen and oxygen atoms in total. The minimum atomic E-state index is -3.17. The maximum absolute atomic E-state index is 13.3. The van der Waals surface area contributed by atoms with Crippen molar-refractivity contribution in [2.75, 3.05) is 11.5 Å². The quantitative estimate of drug-likeness (QED) is 0.652. The van der Waals surface area contributed by atoms with Gasteiger partial charge < -0.3 is 9.32 Å². The Labute approximate surface area is 166 Å². The predicted molar refractivity (Wildman–Crippen MR) is 108 cm³/mol. The van der Waals surface area contributed by atoms with Crippen molar-refractivity contribution in [2.45, 2.75) is 25.9 Å². The van der Waals surface area contributed by atoms with Crippen LogP contribution in [0.5, 0.6) is 0 Å². The molecule has 1 atom stereocenters. The van der Waals surface area contributed by atoms with Gasteiger partial charge in [-0.3, -0.25) is 9.59 Å². The molecule has 1 aromatic carbocycles. The Balaban J connectivity index is 1.76. The first kappa shape index (κ1) is 18.9. The summed E-state index contributed by atoms with van der Waals surface area (Å²) in [5.41, 5.74) is 0.856. The highest BCUT2D eigenvalue weighted by Crippen LogP contribution is 2.25. The number of fused-ring (bicyclic) bond motifs is 1. The summed E-state index contributed by atoms with van der Waals surface area (Å²) in [7, 11) is -3.17. The molecule has 146 valence electrons. The third-order valence-corrected chi connectivity index (χ3v) is 7.59. The van der Waals surface area contributed by atoms with E-state index in [-0.39, 0.29) is 29.2 Å². The molecule has 3 aromatic rings. The topological polar surface area (TPSA) is 84.7 Å². The van der Waals surface area contributed by atoms with Gasteiger partial charge in [0.2, 0.25) is 0 Å². The summed E-state index contributed by atoms with van der Waals surface area (Å²) in [4.78, 5) is 28.2. The maximum Gasteiger partial charge on any atom is 0.290 e. The number of sulfone groups is 1. The zero-order valence-corrected chi connectivity index (χ0v) is 16.9. The van der Waals surface area contributed by atoms with Crippen LogP contribution in [0.1, 0.15) is 27.4 Å². The number of benzene rings is 1. The molecule has 0 saturated carbocycles. The minimum absolute atomic E-state index is 0.0622. The van der Waals surface area contributed by atoms with Crippen LogP contribution in [0.2, 0.25) is 0 Å². The number of aryl methyl sites for hydroxylation is 1. The molecule has 1 aliphatic heterocycles. The van der Waals surface area contributed by atoms with Crippen LogP contribution in [0.3, 0.4) is 0 Å². The fraction of sp³-hybridized carbons (Fsp3) is 0.300. The van der Waals surface area contributed by atoms with Crippen LogP contribution in [0, 0.1) is 6.92 Å². The molecule has 3 heterocycles. The normalized spacial score (nSPS) is 18.4. The molecular weight excluding hydrogens is 398 g/mol. The van der Waals surface area contributed by atoms with Crippen LogP contribution in [0.15, 0.2) is 51.0 Å². The summed E-state index contributed by atoms with van der Waals surface area (Å²) in [5, 5.41) is 2.33. The number of nitrogens with zero attached hydrogens (tertiary/aromatic N) is 1. The second-order valence-corrected chi connectivity index (χ2v) is 10.3. The smallest absolute Gasteiger partial charge is 0.290 e. The molecule has 1 saturated heterocycles. The molecule has 0 spiro atoms. The lowest BCUT2D eigenvalue weighted by Crippen LogP contribution is -2.40. The van der Waals surface area contributed by atoms with Crippen molar-refractivity contribution < 1.29 is 17.6 Å². The van der Waals surface area contributed by atoms with E-state index >= 15 is 0 Å². The van der Waals surface area contributed by atoms with Gasteiger partial charge in [-0.15, -0.1) is 11.3 Å². The van der Waals surface area contributed by atoms with Gasteiger partial charge in [-0.25, -0.2) is 8.42 Å². The third kappa shape index (κ3) is 3.62. The van der Waals surface area contributed by atoms with Crippen LogP contribution in [-0.4, -0.2) is 36.8 Å². The molecule has 0 unspecified atom stereocenters. The van der Waals surface area contributed by atoms with Gasteiger partial charge in [0.25, 0.3) is 5.91 Å². The highest BCUT2D eigenvalue weighted by Gasteiger charge is 2.36. The lowest BCUT2D eigenvalue weighted by molar-refractivity contribution is 0.0651. The van der Waals surface area contributed by atoms with E-state index in [0.29, 0.717) is 17.4 Å². The molecule has 1 amide bonds. The number of amides is 1. The highest BCUT2D eigenvalue weighted by atomic mass is 32.2. The molecule has 0 aliphatic carbocycles. The Morgan fingerprint density at radius 2 is 2.11 bits per heavy atom. The first-order valence-electron chi connectivity index (χ1n) is 8.91. The Kier molecular flexibility index (Phi) is 4.84. The van der Waals surface area contributed by atoms with Crippen molar-refractivity contribution in [2.24, 2.45) is 0 Å². The van der Waals surface area contributed by atoms with Crippen molar-refractivity contribution >= 4 is 38.1 Å². The SMILES string of the molecule is Cc1cccc2c(=O)cc(C(=O)N(Cc3cccs3)[C@@H]3CCS(=O)(=O)C3)oc12. The number of carbonyl (C=O) groups is 1. The molecule has 1 fully saturated rings. The third-order valence-electron chi connectivity index (χ3n) is 4.98. The van der Waals surface area contributed by atoms with Gasteiger partial charge in [0.1, 0.15) is 5.58 Å². The van der Waals surface area contributed by atoms with Gasteiger partial charge in [0, 0.05) is 17.0 Å². The zero-order valence-electron chi connectivity index (χ0n) is 15.3. The molecule has 0 radical (unpaired) electrons. The van der Waals surface area contributed by atoms with E-state index in [0.717, 1.165) is 10.4 Å². The first-order valence-corrected chi connectivity index (χ1v) is 11.6. The van der Waals surface area contributed by atoms with E-state index in [4.69, 9.17) is 4.42 Å². The maximum atomic E-state index is 13.3. The van der Waals surface area contributed by atoms with E-state index in [2.05, 4.69) is 0 Å². The average Bonchev–Trinajstić information content (AvgIpc) is 3.29. The van der Waals surface area contributed by atoms with Crippen molar-refractivity contribution in [3.63, 3.8) is 0 Å². The summed E-state index contributed by atoms with van der Waals surface area (Å²) >= 11 is 1.50. The van der Waals surface area contributed by atoms with Gasteiger partial charge >= 0.3 is 0 Å². The standard InChI is InChI=1S/C20H19NO5S2/c1-13-4-2-6-16-17(22)10-18(26-19(13)16)20(23)21(11-15-5-3-8-27-15)14-7-9-28(24,25)12-14/h2-6,8,10,14H,7,9,11-12H2,1H3/t14-/m1/s1. The Morgan fingerprint density at radius 1 is 1.29 bits per heavy atom. The van der Waals surface area contributed by atoms with Gasteiger partial charge in [0.05, 0.1) is 23.4 Å². The number of para-hydroxylation sites is 1. The van der Waals surface area contributed by atoms with E-state index in [1.54, 1.807) is 12.1 Å². The van der Waals surface area contributed by atoms with Crippen molar-refractivity contribution in [3.05, 3.63) is 68.2 Å². The number of thiophene rings is 1. The second kappa shape index (κ2) is 7.18. The van der Waals surface area contributed by atoms with Crippen LogP contribution in [0.4, 0.5) is 0 Å². The predicted octanol–water partition coefficient (Wildman–Crippen LogP) is 2.99. The van der Waals surface area contributed by atoms with Crippen LogP contribution < -0.4 is 5.43 Å². The molecule has 8 heteroatoms. The highest BCUT2D eigenvalue weighted by molar-refractivity contribution is 7.91. The fourth-order valence-corrected chi connectivity index (χ4v) is 5.96. The molecule has 1 aliphatic rings. The largest absolute Gasteiger partial charge is 0.450 e. The number of carbonyl (C=O) groups excluding carboxylic acids is 1. The molecule has 0 N–H and O–H groups in total. The summed E-state index contributed by atoms with van der Waals surface area (Å²) in [6.45, 7) is 2.10. The number of hydrogen-bond acceptors (Lipinski definition) is 6. The zero-order chi connectivity index (χ0) is 19.9. The van der Waals surface area contributed by atoms with Crippen LogP contribution in [0.25, 0.3) is 11.0 Å². The van der Waals surface area contributed by atoms with Gasteiger partial charge in [-0.2, -0.15) is 0 Å². The summed E-state index contributed by atoms with van der Waals surface area (Å²) in [6.07, 6.45) is 0.385. The van der Waals surface area contributed by atoms with Crippen molar-refractivity contribution in [1.29, 1.82) is 0 Å². The number of rotatable bonds is 4. The summed E-state index contributed by atoms with van der Waals surface area (Å²) < 4.78 is 29.8. The lowest BCUT2D eigenvalue weighted by atomic mass is 10.1. The summed E-state index contributed by atoms with van der Waals surface area (Å²) in [5.74, 6) is -0.529. The second-order valence-electron chi connectivity index (χ2n) is 7.00. The monoisotopic (exact) mass is 417 g/mol. The number of hydrogen-bond donors (Lipinski definition) is 0. The first-order chi connectivity index (χ1) is 13.3. The Bertz CT molecular complexity index is 1200. The fourth-order valence-electron chi connectivity index (χ4n) is 3.52. The van der Waals surface area contributed by atoms with Crippen LogP contribution in [-0.2, 0) is 16.4 Å². The molecule has 0 bridgehead atoms. The van der Waals surface area contributed by atoms with Crippen LogP contribution >= 0.6 is 11.3 Å². The van der Waals surface area contributed by atoms with Crippen molar-refractivity contribution in [3.8, 4) is 0 Å².